The van der Waals surface area contributed by atoms with Gasteiger partial charge in [0.05, 0.1) is 17.7 Å². The van der Waals surface area contributed by atoms with E-state index in [1.54, 1.807) is 25.1 Å². The lowest BCUT2D eigenvalue weighted by atomic mass is 10.1. The van der Waals surface area contributed by atoms with Gasteiger partial charge in [0.15, 0.2) is 0 Å². The molecule has 0 aliphatic rings. The molecule has 0 atom stereocenters. The van der Waals surface area contributed by atoms with Gasteiger partial charge in [0.25, 0.3) is 0 Å². The van der Waals surface area contributed by atoms with Crippen LogP contribution in [0.5, 0.6) is 5.75 Å². The van der Waals surface area contributed by atoms with Crippen LogP contribution in [0, 0.1) is 6.92 Å². The van der Waals surface area contributed by atoms with E-state index in [1.807, 2.05) is 6.92 Å². The van der Waals surface area contributed by atoms with Crippen LogP contribution in [-0.2, 0) is 0 Å². The fourth-order valence-electron chi connectivity index (χ4n) is 2.55. The molecule has 0 saturated heterocycles. The van der Waals surface area contributed by atoms with Gasteiger partial charge in [-0.1, -0.05) is 0 Å². The van der Waals surface area contributed by atoms with Crippen molar-refractivity contribution in [1.29, 1.82) is 0 Å². The van der Waals surface area contributed by atoms with E-state index in [4.69, 9.17) is 10.5 Å². The Balaban J connectivity index is 2.09. The number of primary amides is 1. The second kappa shape index (κ2) is 6.96. The third kappa shape index (κ3) is 3.16. The van der Waals surface area contributed by atoms with Crippen molar-refractivity contribution in [2.24, 2.45) is 5.73 Å². The number of hydrogen-bond donors (Lipinski definition) is 3. The Morgan fingerprint density at radius 1 is 1.35 bits per heavy atom. The number of aromatic nitrogens is 2. The maximum atomic E-state index is 11.4. The van der Waals surface area contributed by atoms with E-state index in [9.17, 15) is 14.7 Å². The summed E-state index contributed by atoms with van der Waals surface area (Å²) in [6, 6.07) is 4.79. The number of benzene rings is 1. The molecule has 2 aromatic heterocycles. The summed E-state index contributed by atoms with van der Waals surface area (Å²) in [5.74, 6) is -0.648. The lowest BCUT2D eigenvalue weighted by Gasteiger charge is -2.13. The predicted octanol–water partition coefficient (Wildman–Crippen LogP) is 2.94. The van der Waals surface area contributed by atoms with Gasteiger partial charge < -0.3 is 20.9 Å². The second-order valence-electron chi connectivity index (χ2n) is 5.40. The van der Waals surface area contributed by atoms with Gasteiger partial charge >= 0.3 is 5.97 Å². The largest absolute Gasteiger partial charge is 0.492 e. The lowest BCUT2D eigenvalue weighted by Crippen LogP contribution is -2.11. The standard InChI is InChI=1S/C17H16N4O4S/c1-3-25-11-6-9(14(18)22)4-5-10(11)21-15-12-8(2)13(17(23)24)26-16(12)20-7-19-15/h4-7H,3H2,1-2H3,(H2,18,22)(H,23,24)(H,19,20,21). The molecule has 3 rings (SSSR count). The van der Waals surface area contributed by atoms with E-state index in [-0.39, 0.29) is 4.88 Å². The Kier molecular flexibility index (Phi) is 4.72. The molecule has 3 aromatic rings. The number of hydrogen-bond acceptors (Lipinski definition) is 7. The van der Waals surface area contributed by atoms with Crippen molar-refractivity contribution in [3.8, 4) is 5.75 Å². The summed E-state index contributed by atoms with van der Waals surface area (Å²) >= 11 is 1.09. The normalized spacial score (nSPS) is 10.7. The molecular formula is C17H16N4O4S. The highest BCUT2D eigenvalue weighted by Gasteiger charge is 2.19. The Hall–Kier alpha value is -3.20. The quantitative estimate of drug-likeness (QED) is 0.607. The molecule has 26 heavy (non-hydrogen) atoms. The Bertz CT molecular complexity index is 1020. The number of nitrogens with zero attached hydrogens (tertiary/aromatic N) is 2. The predicted molar refractivity (Wildman–Crippen MR) is 98.5 cm³/mol. The fourth-order valence-corrected chi connectivity index (χ4v) is 3.54. The molecule has 0 aliphatic heterocycles. The number of amides is 1. The minimum absolute atomic E-state index is 0.220. The first kappa shape index (κ1) is 17.6. The van der Waals surface area contributed by atoms with Gasteiger partial charge in [0.1, 0.15) is 27.6 Å². The third-order valence-electron chi connectivity index (χ3n) is 3.74. The molecule has 0 spiro atoms. The van der Waals surface area contributed by atoms with Crippen LogP contribution < -0.4 is 15.8 Å². The molecule has 0 unspecified atom stereocenters. The molecule has 0 aliphatic carbocycles. The first-order chi connectivity index (χ1) is 12.4. The number of carboxylic acids is 1. The maximum absolute atomic E-state index is 11.4. The van der Waals surface area contributed by atoms with Crippen LogP contribution in [-0.4, -0.2) is 33.6 Å². The van der Waals surface area contributed by atoms with Crippen LogP contribution in [0.15, 0.2) is 24.5 Å². The number of carbonyl (C=O) groups excluding carboxylic acids is 1. The highest BCUT2D eigenvalue weighted by atomic mass is 32.1. The summed E-state index contributed by atoms with van der Waals surface area (Å²) < 4.78 is 5.58. The van der Waals surface area contributed by atoms with Crippen molar-refractivity contribution in [1.82, 2.24) is 9.97 Å². The first-order valence-corrected chi connectivity index (χ1v) is 8.55. The summed E-state index contributed by atoms with van der Waals surface area (Å²) in [6.07, 6.45) is 1.37. The second-order valence-corrected chi connectivity index (χ2v) is 6.40. The molecule has 0 saturated carbocycles. The fraction of sp³-hybridized carbons (Fsp3) is 0.176. The molecule has 0 bridgehead atoms. The molecule has 134 valence electrons. The van der Waals surface area contributed by atoms with Crippen molar-refractivity contribution < 1.29 is 19.4 Å². The van der Waals surface area contributed by atoms with Crippen LogP contribution in [0.1, 0.15) is 32.5 Å². The topological polar surface area (TPSA) is 127 Å². The minimum atomic E-state index is -1.00. The lowest BCUT2D eigenvalue weighted by molar-refractivity contribution is 0.0701. The monoisotopic (exact) mass is 372 g/mol. The minimum Gasteiger partial charge on any atom is -0.492 e. The number of carbonyl (C=O) groups is 2. The van der Waals surface area contributed by atoms with Gasteiger partial charge in [-0.05, 0) is 37.6 Å². The molecule has 4 N–H and O–H groups in total. The maximum Gasteiger partial charge on any atom is 0.346 e. The number of ether oxygens (including phenoxy) is 1. The Morgan fingerprint density at radius 3 is 2.77 bits per heavy atom. The number of fused-ring (bicyclic) bond motifs is 1. The molecule has 8 nitrogen and oxygen atoms in total. The van der Waals surface area contributed by atoms with Crippen LogP contribution in [0.4, 0.5) is 11.5 Å². The third-order valence-corrected chi connectivity index (χ3v) is 4.93. The van der Waals surface area contributed by atoms with Crippen molar-refractivity contribution in [3.63, 3.8) is 0 Å². The van der Waals surface area contributed by atoms with Crippen LogP contribution in [0.3, 0.4) is 0 Å². The van der Waals surface area contributed by atoms with Crippen LogP contribution in [0.25, 0.3) is 10.2 Å². The highest BCUT2D eigenvalue weighted by Crippen LogP contribution is 2.36. The number of nitrogens with two attached hydrogens (primary N) is 1. The molecule has 9 heteroatoms. The number of thiophene rings is 1. The van der Waals surface area contributed by atoms with Gasteiger partial charge in [0.2, 0.25) is 5.91 Å². The van der Waals surface area contributed by atoms with E-state index in [2.05, 4.69) is 15.3 Å². The van der Waals surface area contributed by atoms with E-state index in [1.165, 1.54) is 6.33 Å². The Morgan fingerprint density at radius 2 is 2.12 bits per heavy atom. The zero-order valence-corrected chi connectivity index (χ0v) is 14.9. The molecule has 2 heterocycles. The van der Waals surface area contributed by atoms with Gasteiger partial charge in [-0.3, -0.25) is 4.79 Å². The molecule has 0 fully saturated rings. The van der Waals surface area contributed by atoms with Crippen molar-refractivity contribution in [3.05, 3.63) is 40.5 Å². The van der Waals surface area contributed by atoms with Crippen molar-refractivity contribution in [2.45, 2.75) is 13.8 Å². The number of rotatable bonds is 6. The SMILES string of the molecule is CCOc1cc(C(N)=O)ccc1Nc1ncnc2sc(C(=O)O)c(C)c12. The molecular weight excluding hydrogens is 356 g/mol. The highest BCUT2D eigenvalue weighted by molar-refractivity contribution is 7.20. The summed E-state index contributed by atoms with van der Waals surface area (Å²) in [6.45, 7) is 3.94. The van der Waals surface area contributed by atoms with E-state index >= 15 is 0 Å². The Labute approximate surface area is 152 Å². The number of aryl methyl sites for hydroxylation is 1. The van der Waals surface area contributed by atoms with E-state index in [0.717, 1.165) is 11.3 Å². The van der Waals surface area contributed by atoms with Gasteiger partial charge in [0, 0.05) is 5.56 Å². The number of carboxylic acid groups (broad SMARTS) is 1. The number of aromatic carboxylic acids is 1. The molecule has 0 radical (unpaired) electrons. The van der Waals surface area contributed by atoms with Gasteiger partial charge in [-0.2, -0.15) is 0 Å². The summed E-state index contributed by atoms with van der Waals surface area (Å²) in [5, 5.41) is 13.1. The van der Waals surface area contributed by atoms with E-state index in [0.29, 0.717) is 45.2 Å². The number of anilines is 2. The van der Waals surface area contributed by atoms with Crippen LogP contribution >= 0.6 is 11.3 Å². The zero-order valence-electron chi connectivity index (χ0n) is 14.1. The van der Waals surface area contributed by atoms with E-state index < -0.39 is 11.9 Å². The molecule has 1 amide bonds. The van der Waals surface area contributed by atoms with Crippen molar-refractivity contribution >= 4 is 44.9 Å². The van der Waals surface area contributed by atoms with Crippen molar-refractivity contribution in [2.75, 3.05) is 11.9 Å². The average molecular weight is 372 g/mol. The average Bonchev–Trinajstić information content (AvgIpc) is 2.94. The van der Waals surface area contributed by atoms with Gasteiger partial charge in [-0.25, -0.2) is 14.8 Å². The molecule has 1 aromatic carbocycles. The van der Waals surface area contributed by atoms with Gasteiger partial charge in [-0.15, -0.1) is 11.3 Å². The van der Waals surface area contributed by atoms with Crippen LogP contribution in [0.2, 0.25) is 0 Å². The summed E-state index contributed by atoms with van der Waals surface area (Å²) in [5.41, 5.74) is 6.82. The first-order valence-electron chi connectivity index (χ1n) is 7.73. The smallest absolute Gasteiger partial charge is 0.346 e. The summed E-state index contributed by atoms with van der Waals surface area (Å²) in [4.78, 5) is 32.0. The zero-order chi connectivity index (χ0) is 18.8. The summed E-state index contributed by atoms with van der Waals surface area (Å²) in [7, 11) is 0. The number of nitrogens with one attached hydrogen (secondary N) is 1.